The molecule has 0 bridgehead atoms. The number of hydrazone groups is 1. The summed E-state index contributed by atoms with van der Waals surface area (Å²) in [5.41, 5.74) is 3.58. The number of hydrogen-bond donors (Lipinski definition) is 0. The summed E-state index contributed by atoms with van der Waals surface area (Å²) in [5, 5.41) is 8.22. The van der Waals surface area contributed by atoms with Crippen molar-refractivity contribution in [2.24, 2.45) is 5.10 Å². The standard InChI is InChI=1S/C25H25N3O3S/c1-17-6-8-18(9-7-17)22-15-21(23-5-4-14-32-23)26-28(22)24(29)16-27(2)25(30)19-10-12-20(31-3)13-11-19/h4-14,22H,15-16H2,1-3H3. The van der Waals surface area contributed by atoms with Crippen LogP contribution < -0.4 is 4.74 Å². The molecule has 0 spiro atoms. The number of benzene rings is 2. The number of carbonyl (C=O) groups excluding carboxylic acids is 2. The first-order valence-corrected chi connectivity index (χ1v) is 11.2. The maximum atomic E-state index is 13.3. The molecule has 0 fully saturated rings. The molecule has 1 aliphatic rings. The summed E-state index contributed by atoms with van der Waals surface area (Å²) in [6.07, 6.45) is 0.644. The van der Waals surface area contributed by atoms with E-state index in [0.29, 0.717) is 17.7 Å². The quantitative estimate of drug-likeness (QED) is 0.558. The number of likely N-dealkylation sites (N-methyl/N-ethyl adjacent to an activating group) is 1. The second-order valence-electron chi connectivity index (χ2n) is 7.78. The van der Waals surface area contributed by atoms with Crippen LogP contribution in [-0.4, -0.2) is 48.1 Å². The molecule has 1 aliphatic heterocycles. The first-order chi connectivity index (χ1) is 15.5. The molecule has 0 N–H and O–H groups in total. The number of nitrogens with zero attached hydrogens (tertiary/aromatic N) is 3. The summed E-state index contributed by atoms with van der Waals surface area (Å²) >= 11 is 1.61. The monoisotopic (exact) mass is 447 g/mol. The number of aryl methyl sites for hydroxylation is 1. The minimum atomic E-state index is -0.227. The Hall–Kier alpha value is -3.45. The van der Waals surface area contributed by atoms with Crippen molar-refractivity contribution < 1.29 is 14.3 Å². The lowest BCUT2D eigenvalue weighted by molar-refractivity contribution is -0.133. The first kappa shape index (κ1) is 21.8. The van der Waals surface area contributed by atoms with E-state index in [2.05, 4.69) is 5.10 Å². The van der Waals surface area contributed by atoms with Crippen molar-refractivity contribution in [3.8, 4) is 5.75 Å². The smallest absolute Gasteiger partial charge is 0.262 e. The van der Waals surface area contributed by atoms with E-state index in [1.807, 2.05) is 48.7 Å². The number of ether oxygens (including phenoxy) is 1. The summed E-state index contributed by atoms with van der Waals surface area (Å²) in [6, 6.07) is 18.8. The third-order valence-electron chi connectivity index (χ3n) is 5.49. The van der Waals surface area contributed by atoms with E-state index < -0.39 is 0 Å². The highest BCUT2D eigenvalue weighted by Gasteiger charge is 2.34. The normalized spacial score (nSPS) is 15.4. The largest absolute Gasteiger partial charge is 0.497 e. The van der Waals surface area contributed by atoms with E-state index in [-0.39, 0.29) is 24.4 Å². The van der Waals surface area contributed by atoms with E-state index in [0.717, 1.165) is 21.7 Å². The molecule has 164 valence electrons. The fourth-order valence-corrected chi connectivity index (χ4v) is 4.40. The first-order valence-electron chi connectivity index (χ1n) is 10.4. The van der Waals surface area contributed by atoms with Crippen LogP contribution in [0.5, 0.6) is 5.75 Å². The summed E-state index contributed by atoms with van der Waals surface area (Å²) in [6.45, 7) is 1.98. The molecular weight excluding hydrogens is 422 g/mol. The lowest BCUT2D eigenvalue weighted by Gasteiger charge is -2.25. The van der Waals surface area contributed by atoms with Crippen LogP contribution in [0.2, 0.25) is 0 Å². The van der Waals surface area contributed by atoms with Crippen molar-refractivity contribution in [1.29, 1.82) is 0 Å². The zero-order valence-electron chi connectivity index (χ0n) is 18.3. The van der Waals surface area contributed by atoms with Gasteiger partial charge in [-0.3, -0.25) is 9.59 Å². The zero-order chi connectivity index (χ0) is 22.7. The second-order valence-corrected chi connectivity index (χ2v) is 8.73. The van der Waals surface area contributed by atoms with Gasteiger partial charge in [-0.05, 0) is 48.2 Å². The maximum Gasteiger partial charge on any atom is 0.262 e. The molecule has 2 amide bonds. The van der Waals surface area contributed by atoms with Crippen molar-refractivity contribution >= 4 is 28.9 Å². The lowest BCUT2D eigenvalue weighted by Crippen LogP contribution is -2.39. The highest BCUT2D eigenvalue weighted by molar-refractivity contribution is 7.12. The Morgan fingerprint density at radius 2 is 1.84 bits per heavy atom. The predicted molar refractivity (Wildman–Crippen MR) is 126 cm³/mol. The molecular formula is C25H25N3O3S. The highest BCUT2D eigenvalue weighted by Crippen LogP contribution is 2.34. The minimum absolute atomic E-state index is 0.0611. The molecule has 0 saturated heterocycles. The van der Waals surface area contributed by atoms with Crippen LogP contribution in [0.3, 0.4) is 0 Å². The van der Waals surface area contributed by atoms with E-state index in [1.165, 1.54) is 9.91 Å². The Labute approximate surface area is 191 Å². The lowest BCUT2D eigenvalue weighted by atomic mass is 10.00. The van der Waals surface area contributed by atoms with Gasteiger partial charge in [0, 0.05) is 19.0 Å². The Bertz CT molecular complexity index is 1120. The molecule has 0 aliphatic carbocycles. The van der Waals surface area contributed by atoms with Crippen LogP contribution in [0.25, 0.3) is 0 Å². The van der Waals surface area contributed by atoms with Crippen molar-refractivity contribution in [2.45, 2.75) is 19.4 Å². The molecule has 7 heteroatoms. The van der Waals surface area contributed by atoms with Gasteiger partial charge >= 0.3 is 0 Å². The van der Waals surface area contributed by atoms with Crippen LogP contribution in [0.1, 0.15) is 38.8 Å². The average molecular weight is 448 g/mol. The van der Waals surface area contributed by atoms with Crippen molar-refractivity contribution in [2.75, 3.05) is 20.7 Å². The fourth-order valence-electron chi connectivity index (χ4n) is 3.68. The Balaban J connectivity index is 1.54. The molecule has 6 nitrogen and oxygen atoms in total. The Kier molecular flexibility index (Phi) is 6.37. The van der Waals surface area contributed by atoms with Gasteiger partial charge in [0.15, 0.2) is 0 Å². The zero-order valence-corrected chi connectivity index (χ0v) is 19.1. The maximum absolute atomic E-state index is 13.3. The van der Waals surface area contributed by atoms with E-state index in [1.54, 1.807) is 49.8 Å². The van der Waals surface area contributed by atoms with Gasteiger partial charge < -0.3 is 9.64 Å². The van der Waals surface area contributed by atoms with E-state index >= 15 is 0 Å². The van der Waals surface area contributed by atoms with Crippen molar-refractivity contribution in [1.82, 2.24) is 9.91 Å². The van der Waals surface area contributed by atoms with Gasteiger partial charge in [-0.1, -0.05) is 35.9 Å². The van der Waals surface area contributed by atoms with Crippen LogP contribution >= 0.6 is 11.3 Å². The summed E-state index contributed by atoms with van der Waals surface area (Å²) in [7, 11) is 3.21. The summed E-state index contributed by atoms with van der Waals surface area (Å²) in [4.78, 5) is 28.6. The molecule has 1 atom stereocenters. The number of hydrogen-bond acceptors (Lipinski definition) is 5. The van der Waals surface area contributed by atoms with E-state index in [9.17, 15) is 9.59 Å². The third-order valence-corrected chi connectivity index (χ3v) is 6.41. The number of carbonyl (C=O) groups is 2. The molecule has 2 aromatic carbocycles. The fraction of sp³-hybridized carbons (Fsp3) is 0.240. The van der Waals surface area contributed by atoms with Crippen LogP contribution in [-0.2, 0) is 4.79 Å². The molecule has 1 aromatic heterocycles. The number of rotatable bonds is 6. The van der Waals surface area contributed by atoms with E-state index in [4.69, 9.17) is 4.74 Å². The van der Waals surface area contributed by atoms with Gasteiger partial charge in [-0.25, -0.2) is 5.01 Å². The number of amides is 2. The predicted octanol–water partition coefficient (Wildman–Crippen LogP) is 4.52. The van der Waals surface area contributed by atoms with Crippen LogP contribution in [0, 0.1) is 6.92 Å². The minimum Gasteiger partial charge on any atom is -0.497 e. The van der Waals surface area contributed by atoms with Gasteiger partial charge in [-0.2, -0.15) is 5.10 Å². The second kappa shape index (κ2) is 9.36. The molecule has 3 aromatic rings. The van der Waals surface area contributed by atoms with Gasteiger partial charge in [0.25, 0.3) is 11.8 Å². The highest BCUT2D eigenvalue weighted by atomic mass is 32.1. The van der Waals surface area contributed by atoms with Crippen LogP contribution in [0.4, 0.5) is 0 Å². The number of thiophene rings is 1. The van der Waals surface area contributed by atoms with Gasteiger partial charge in [0.2, 0.25) is 0 Å². The molecule has 2 heterocycles. The summed E-state index contributed by atoms with van der Waals surface area (Å²) < 4.78 is 5.14. The number of methoxy groups -OCH3 is 1. The molecule has 0 radical (unpaired) electrons. The van der Waals surface area contributed by atoms with Crippen molar-refractivity contribution in [3.05, 3.63) is 87.6 Å². The Morgan fingerprint density at radius 1 is 1.12 bits per heavy atom. The molecule has 1 unspecified atom stereocenters. The topological polar surface area (TPSA) is 62.2 Å². The average Bonchev–Trinajstić information content (AvgIpc) is 3.49. The third kappa shape index (κ3) is 4.57. The van der Waals surface area contributed by atoms with Gasteiger partial charge in [0.1, 0.15) is 12.3 Å². The molecule has 4 rings (SSSR count). The molecule has 32 heavy (non-hydrogen) atoms. The van der Waals surface area contributed by atoms with Gasteiger partial charge in [-0.15, -0.1) is 11.3 Å². The summed E-state index contributed by atoms with van der Waals surface area (Å²) in [5.74, 6) is 0.231. The molecule has 0 saturated carbocycles. The van der Waals surface area contributed by atoms with Crippen LogP contribution in [0.15, 0.2) is 71.1 Å². The SMILES string of the molecule is COc1ccc(C(=O)N(C)CC(=O)N2N=C(c3cccs3)CC2c2ccc(C)cc2)cc1. The van der Waals surface area contributed by atoms with Gasteiger partial charge in [0.05, 0.1) is 23.7 Å². The Morgan fingerprint density at radius 3 is 2.47 bits per heavy atom. The van der Waals surface area contributed by atoms with Crippen molar-refractivity contribution in [3.63, 3.8) is 0 Å².